The van der Waals surface area contributed by atoms with Crippen LogP contribution in [0.2, 0.25) is 0 Å². The lowest BCUT2D eigenvalue weighted by Gasteiger charge is -2.18. The van der Waals surface area contributed by atoms with Crippen molar-refractivity contribution in [3.8, 4) is 0 Å². The van der Waals surface area contributed by atoms with Gasteiger partial charge in [0.15, 0.2) is 0 Å². The Morgan fingerprint density at radius 2 is 2.40 bits per heavy atom. The SMILES string of the molecule is C=CCN(CCO)C(=O)c1cnccn1. The van der Waals surface area contributed by atoms with Crippen molar-refractivity contribution in [2.24, 2.45) is 0 Å². The molecule has 0 fully saturated rings. The van der Waals surface area contributed by atoms with Crippen molar-refractivity contribution in [2.45, 2.75) is 0 Å². The van der Waals surface area contributed by atoms with Crippen molar-refractivity contribution in [3.63, 3.8) is 0 Å². The number of hydrogen-bond donors (Lipinski definition) is 1. The molecule has 0 aliphatic rings. The highest BCUT2D eigenvalue weighted by atomic mass is 16.3. The number of hydrogen-bond acceptors (Lipinski definition) is 4. The normalized spacial score (nSPS) is 9.67. The summed E-state index contributed by atoms with van der Waals surface area (Å²) in [7, 11) is 0. The summed E-state index contributed by atoms with van der Waals surface area (Å²) in [6.07, 6.45) is 5.96. The largest absolute Gasteiger partial charge is 0.395 e. The van der Waals surface area contributed by atoms with Gasteiger partial charge in [-0.2, -0.15) is 0 Å². The Hall–Kier alpha value is -1.75. The van der Waals surface area contributed by atoms with E-state index < -0.39 is 0 Å². The highest BCUT2D eigenvalue weighted by molar-refractivity contribution is 5.92. The molecule has 0 aliphatic carbocycles. The molecule has 1 aromatic heterocycles. The molecule has 0 aromatic carbocycles. The van der Waals surface area contributed by atoms with Gasteiger partial charge in [-0.25, -0.2) is 4.98 Å². The van der Waals surface area contributed by atoms with Crippen molar-refractivity contribution in [1.29, 1.82) is 0 Å². The third-order valence-corrected chi connectivity index (χ3v) is 1.79. The molecule has 1 N–H and O–H groups in total. The van der Waals surface area contributed by atoms with Crippen LogP contribution in [0, 0.1) is 0 Å². The number of aliphatic hydroxyl groups is 1. The van der Waals surface area contributed by atoms with E-state index in [2.05, 4.69) is 16.5 Å². The lowest BCUT2D eigenvalue weighted by atomic mass is 10.3. The third-order valence-electron chi connectivity index (χ3n) is 1.79. The van der Waals surface area contributed by atoms with E-state index in [-0.39, 0.29) is 24.8 Å². The van der Waals surface area contributed by atoms with E-state index in [1.807, 2.05) is 0 Å². The van der Waals surface area contributed by atoms with Gasteiger partial charge in [0.1, 0.15) is 5.69 Å². The second-order valence-electron chi connectivity index (χ2n) is 2.85. The molecule has 0 radical (unpaired) electrons. The second kappa shape index (κ2) is 5.87. The zero-order valence-electron chi connectivity index (χ0n) is 8.33. The maximum Gasteiger partial charge on any atom is 0.274 e. The fourth-order valence-corrected chi connectivity index (χ4v) is 1.12. The van der Waals surface area contributed by atoms with Gasteiger partial charge in [0.05, 0.1) is 12.8 Å². The molecule has 0 bridgehead atoms. The van der Waals surface area contributed by atoms with Gasteiger partial charge in [0.2, 0.25) is 0 Å². The molecule has 0 saturated carbocycles. The first-order valence-corrected chi connectivity index (χ1v) is 4.56. The van der Waals surface area contributed by atoms with Crippen LogP contribution >= 0.6 is 0 Å². The highest BCUT2D eigenvalue weighted by Gasteiger charge is 2.14. The van der Waals surface area contributed by atoms with Gasteiger partial charge in [0, 0.05) is 25.5 Å². The molecular weight excluding hydrogens is 194 g/mol. The van der Waals surface area contributed by atoms with E-state index in [9.17, 15) is 4.79 Å². The second-order valence-corrected chi connectivity index (χ2v) is 2.85. The van der Waals surface area contributed by atoms with E-state index in [0.29, 0.717) is 6.54 Å². The van der Waals surface area contributed by atoms with Crippen molar-refractivity contribution in [2.75, 3.05) is 19.7 Å². The van der Waals surface area contributed by atoms with Crippen LogP contribution in [0.3, 0.4) is 0 Å². The van der Waals surface area contributed by atoms with Gasteiger partial charge in [-0.05, 0) is 0 Å². The zero-order valence-corrected chi connectivity index (χ0v) is 8.33. The highest BCUT2D eigenvalue weighted by Crippen LogP contribution is 1.99. The summed E-state index contributed by atoms with van der Waals surface area (Å²) in [5.41, 5.74) is 0.271. The summed E-state index contributed by atoms with van der Waals surface area (Å²) in [6, 6.07) is 0. The lowest BCUT2D eigenvalue weighted by molar-refractivity contribution is 0.0736. The summed E-state index contributed by atoms with van der Waals surface area (Å²) in [5, 5.41) is 8.79. The number of aromatic nitrogens is 2. The molecule has 1 aromatic rings. The fourth-order valence-electron chi connectivity index (χ4n) is 1.12. The van der Waals surface area contributed by atoms with Gasteiger partial charge >= 0.3 is 0 Å². The first kappa shape index (κ1) is 11.3. The first-order valence-electron chi connectivity index (χ1n) is 4.56. The maximum atomic E-state index is 11.8. The van der Waals surface area contributed by atoms with Crippen LogP contribution in [0.15, 0.2) is 31.2 Å². The van der Waals surface area contributed by atoms with Crippen LogP contribution < -0.4 is 0 Å². The third kappa shape index (κ3) is 3.14. The van der Waals surface area contributed by atoms with Gasteiger partial charge in [-0.1, -0.05) is 6.08 Å². The minimum Gasteiger partial charge on any atom is -0.395 e. The zero-order chi connectivity index (χ0) is 11.1. The van der Waals surface area contributed by atoms with Crippen LogP contribution in [0.5, 0.6) is 0 Å². The van der Waals surface area contributed by atoms with Crippen molar-refractivity contribution < 1.29 is 9.90 Å². The smallest absolute Gasteiger partial charge is 0.274 e. The van der Waals surface area contributed by atoms with Gasteiger partial charge in [-0.3, -0.25) is 9.78 Å². The molecular formula is C10H13N3O2. The number of carbonyl (C=O) groups excluding carboxylic acids is 1. The number of aliphatic hydroxyl groups excluding tert-OH is 1. The molecule has 0 spiro atoms. The maximum absolute atomic E-state index is 11.8. The summed E-state index contributed by atoms with van der Waals surface area (Å²) < 4.78 is 0. The van der Waals surface area contributed by atoms with Crippen LogP contribution in [-0.4, -0.2) is 45.6 Å². The molecule has 0 aliphatic heterocycles. The summed E-state index contributed by atoms with van der Waals surface area (Å²) in [5.74, 6) is -0.253. The molecule has 15 heavy (non-hydrogen) atoms. The molecule has 0 unspecified atom stereocenters. The number of rotatable bonds is 5. The van der Waals surface area contributed by atoms with E-state index in [4.69, 9.17) is 5.11 Å². The Morgan fingerprint density at radius 3 is 2.93 bits per heavy atom. The standard InChI is InChI=1S/C10H13N3O2/c1-2-5-13(6-7-14)10(15)9-8-11-3-4-12-9/h2-4,8,14H,1,5-7H2. The van der Waals surface area contributed by atoms with Crippen LogP contribution in [-0.2, 0) is 0 Å². The van der Waals surface area contributed by atoms with Crippen molar-refractivity contribution in [3.05, 3.63) is 36.9 Å². The van der Waals surface area contributed by atoms with Crippen LogP contribution in [0.25, 0.3) is 0 Å². The number of nitrogens with zero attached hydrogens (tertiary/aromatic N) is 3. The average Bonchev–Trinajstić information content (AvgIpc) is 2.29. The fraction of sp³-hybridized carbons (Fsp3) is 0.300. The lowest BCUT2D eigenvalue weighted by Crippen LogP contribution is -2.34. The van der Waals surface area contributed by atoms with Gasteiger partial charge < -0.3 is 10.0 Å². The summed E-state index contributed by atoms with van der Waals surface area (Å²) >= 11 is 0. The molecule has 1 heterocycles. The molecule has 0 atom stereocenters. The number of carbonyl (C=O) groups is 1. The quantitative estimate of drug-likeness (QED) is 0.695. The molecule has 0 saturated heterocycles. The number of amides is 1. The molecule has 5 heteroatoms. The van der Waals surface area contributed by atoms with Gasteiger partial charge in [-0.15, -0.1) is 6.58 Å². The van der Waals surface area contributed by atoms with Crippen LogP contribution in [0.4, 0.5) is 0 Å². The monoisotopic (exact) mass is 207 g/mol. The van der Waals surface area contributed by atoms with Gasteiger partial charge in [0.25, 0.3) is 5.91 Å². The van der Waals surface area contributed by atoms with E-state index in [0.717, 1.165) is 0 Å². The topological polar surface area (TPSA) is 66.3 Å². The van der Waals surface area contributed by atoms with Crippen LogP contribution in [0.1, 0.15) is 10.5 Å². The van der Waals surface area contributed by atoms with Crippen molar-refractivity contribution >= 4 is 5.91 Å². The Balaban J connectivity index is 2.76. The molecule has 5 nitrogen and oxygen atoms in total. The summed E-state index contributed by atoms with van der Waals surface area (Å²) in [6.45, 7) is 4.11. The predicted molar refractivity (Wildman–Crippen MR) is 55.2 cm³/mol. The Bertz CT molecular complexity index is 327. The first-order chi connectivity index (χ1) is 7.29. The minimum absolute atomic E-state index is 0.0835. The van der Waals surface area contributed by atoms with Crippen molar-refractivity contribution in [1.82, 2.24) is 14.9 Å². The predicted octanol–water partition coefficient (Wildman–Crippen LogP) is 0.0971. The Kier molecular flexibility index (Phi) is 4.43. The Labute approximate surface area is 88.1 Å². The summed E-state index contributed by atoms with van der Waals surface area (Å²) in [4.78, 5) is 20.9. The molecule has 1 rings (SSSR count). The van der Waals surface area contributed by atoms with E-state index in [1.165, 1.54) is 23.5 Å². The Morgan fingerprint density at radius 1 is 1.60 bits per heavy atom. The minimum atomic E-state index is -0.253. The average molecular weight is 207 g/mol. The van der Waals surface area contributed by atoms with E-state index >= 15 is 0 Å². The molecule has 1 amide bonds. The van der Waals surface area contributed by atoms with E-state index in [1.54, 1.807) is 6.08 Å². The molecule has 80 valence electrons.